The molecule has 4 heteroatoms. The smallest absolute Gasteiger partial charge is 0.138 e. The molecule has 1 aromatic carbocycles. The SMILES string of the molecule is CC(C)c1ccc(OCc2cnn(C(C)C)c2)c(Cl)c1. The number of hydrogen-bond acceptors (Lipinski definition) is 2. The molecule has 0 radical (unpaired) electrons. The van der Waals surface area contributed by atoms with Crippen molar-refractivity contribution in [2.45, 2.75) is 46.3 Å². The zero-order valence-electron chi connectivity index (χ0n) is 12.4. The molecular formula is C16H21ClN2O. The maximum absolute atomic E-state index is 6.25. The Kier molecular flexibility index (Phi) is 4.71. The van der Waals surface area contributed by atoms with E-state index in [-0.39, 0.29) is 0 Å². The normalized spacial score (nSPS) is 11.3. The van der Waals surface area contributed by atoms with Gasteiger partial charge in [-0.25, -0.2) is 0 Å². The number of rotatable bonds is 5. The van der Waals surface area contributed by atoms with Crippen LogP contribution in [0.15, 0.2) is 30.6 Å². The summed E-state index contributed by atoms with van der Waals surface area (Å²) in [6.07, 6.45) is 3.83. The molecule has 2 rings (SSSR count). The zero-order valence-corrected chi connectivity index (χ0v) is 13.2. The molecule has 0 N–H and O–H groups in total. The molecule has 0 amide bonds. The number of benzene rings is 1. The van der Waals surface area contributed by atoms with Crippen molar-refractivity contribution in [3.8, 4) is 5.75 Å². The van der Waals surface area contributed by atoms with Crippen LogP contribution in [-0.4, -0.2) is 9.78 Å². The number of halogens is 1. The van der Waals surface area contributed by atoms with Gasteiger partial charge in [0.25, 0.3) is 0 Å². The third-order valence-electron chi connectivity index (χ3n) is 3.20. The van der Waals surface area contributed by atoms with Gasteiger partial charge >= 0.3 is 0 Å². The van der Waals surface area contributed by atoms with Crippen LogP contribution in [0.25, 0.3) is 0 Å². The first-order valence-electron chi connectivity index (χ1n) is 6.92. The minimum Gasteiger partial charge on any atom is -0.487 e. The van der Waals surface area contributed by atoms with Crippen molar-refractivity contribution in [3.63, 3.8) is 0 Å². The average molecular weight is 293 g/mol. The van der Waals surface area contributed by atoms with Crippen LogP contribution in [0.2, 0.25) is 5.02 Å². The van der Waals surface area contributed by atoms with Crippen LogP contribution in [0.5, 0.6) is 5.75 Å². The van der Waals surface area contributed by atoms with Gasteiger partial charge in [0.05, 0.1) is 11.2 Å². The Hall–Kier alpha value is -1.48. The molecule has 0 atom stereocenters. The lowest BCUT2D eigenvalue weighted by Gasteiger charge is -2.10. The van der Waals surface area contributed by atoms with E-state index in [1.54, 1.807) is 0 Å². The van der Waals surface area contributed by atoms with Gasteiger partial charge < -0.3 is 4.74 Å². The predicted octanol–water partition coefficient (Wildman–Crippen LogP) is 4.82. The fraction of sp³-hybridized carbons (Fsp3) is 0.438. The summed E-state index contributed by atoms with van der Waals surface area (Å²) in [7, 11) is 0. The molecule has 1 heterocycles. The van der Waals surface area contributed by atoms with Crippen LogP contribution in [0.4, 0.5) is 0 Å². The van der Waals surface area contributed by atoms with E-state index in [1.165, 1.54) is 5.56 Å². The molecule has 3 nitrogen and oxygen atoms in total. The summed E-state index contributed by atoms with van der Waals surface area (Å²) >= 11 is 6.25. The lowest BCUT2D eigenvalue weighted by molar-refractivity contribution is 0.306. The second-order valence-corrected chi connectivity index (χ2v) is 5.96. The topological polar surface area (TPSA) is 27.1 Å². The standard InChI is InChI=1S/C16H21ClN2O/c1-11(2)14-5-6-16(15(17)7-14)20-10-13-8-18-19(9-13)12(3)4/h5-9,11-12H,10H2,1-4H3. The summed E-state index contributed by atoms with van der Waals surface area (Å²) in [6.45, 7) is 8.96. The van der Waals surface area contributed by atoms with Crippen molar-refractivity contribution < 1.29 is 4.74 Å². The predicted molar refractivity (Wildman–Crippen MR) is 82.5 cm³/mol. The van der Waals surface area contributed by atoms with E-state index in [0.29, 0.717) is 29.3 Å². The largest absolute Gasteiger partial charge is 0.487 e. The van der Waals surface area contributed by atoms with Gasteiger partial charge in [-0.3, -0.25) is 4.68 Å². The summed E-state index contributed by atoms with van der Waals surface area (Å²) < 4.78 is 7.68. The molecule has 108 valence electrons. The molecule has 0 fully saturated rings. The van der Waals surface area contributed by atoms with Gasteiger partial charge in [0.2, 0.25) is 0 Å². The van der Waals surface area contributed by atoms with Crippen molar-refractivity contribution in [2.24, 2.45) is 0 Å². The third-order valence-corrected chi connectivity index (χ3v) is 3.50. The maximum atomic E-state index is 6.25. The number of nitrogens with zero attached hydrogens (tertiary/aromatic N) is 2. The Morgan fingerprint density at radius 3 is 2.55 bits per heavy atom. The van der Waals surface area contributed by atoms with E-state index in [0.717, 1.165) is 5.56 Å². The molecule has 0 aliphatic heterocycles. The van der Waals surface area contributed by atoms with Crippen LogP contribution >= 0.6 is 11.6 Å². The Morgan fingerprint density at radius 2 is 2.00 bits per heavy atom. The number of aromatic nitrogens is 2. The average Bonchev–Trinajstić information content (AvgIpc) is 2.86. The van der Waals surface area contributed by atoms with E-state index in [9.17, 15) is 0 Å². The highest BCUT2D eigenvalue weighted by molar-refractivity contribution is 6.32. The molecule has 0 aliphatic rings. The summed E-state index contributed by atoms with van der Waals surface area (Å²) in [6, 6.07) is 6.32. The van der Waals surface area contributed by atoms with Crippen LogP contribution in [0, 0.1) is 0 Å². The number of ether oxygens (including phenoxy) is 1. The van der Waals surface area contributed by atoms with E-state index in [4.69, 9.17) is 16.3 Å². The Bertz CT molecular complexity index is 576. The molecule has 0 bridgehead atoms. The zero-order chi connectivity index (χ0) is 14.7. The van der Waals surface area contributed by atoms with Crippen molar-refractivity contribution in [1.29, 1.82) is 0 Å². The molecular weight excluding hydrogens is 272 g/mol. The first kappa shape index (κ1) is 14.9. The molecule has 0 aliphatic carbocycles. The van der Waals surface area contributed by atoms with Gasteiger partial charge in [0, 0.05) is 17.8 Å². The van der Waals surface area contributed by atoms with Crippen molar-refractivity contribution in [3.05, 3.63) is 46.7 Å². The Labute approximate surface area is 125 Å². The molecule has 0 saturated carbocycles. The van der Waals surface area contributed by atoms with Crippen LogP contribution < -0.4 is 4.74 Å². The van der Waals surface area contributed by atoms with Gasteiger partial charge in [0.1, 0.15) is 12.4 Å². The molecule has 0 unspecified atom stereocenters. The Balaban J connectivity index is 2.03. The van der Waals surface area contributed by atoms with Crippen molar-refractivity contribution in [2.75, 3.05) is 0 Å². The van der Waals surface area contributed by atoms with E-state index in [2.05, 4.69) is 38.9 Å². The third kappa shape index (κ3) is 3.54. The summed E-state index contributed by atoms with van der Waals surface area (Å²) in [4.78, 5) is 0. The van der Waals surface area contributed by atoms with E-state index >= 15 is 0 Å². The van der Waals surface area contributed by atoms with Gasteiger partial charge in [0.15, 0.2) is 0 Å². The van der Waals surface area contributed by atoms with Crippen LogP contribution in [-0.2, 0) is 6.61 Å². The highest BCUT2D eigenvalue weighted by Crippen LogP contribution is 2.29. The second-order valence-electron chi connectivity index (χ2n) is 5.56. The Morgan fingerprint density at radius 1 is 1.25 bits per heavy atom. The molecule has 2 aromatic rings. The minimum atomic E-state index is 0.359. The summed E-state index contributed by atoms with van der Waals surface area (Å²) in [5.41, 5.74) is 2.26. The van der Waals surface area contributed by atoms with Crippen LogP contribution in [0.1, 0.15) is 50.8 Å². The second kappa shape index (κ2) is 6.31. The summed E-state index contributed by atoms with van der Waals surface area (Å²) in [5, 5.41) is 4.95. The van der Waals surface area contributed by atoms with Gasteiger partial charge in [-0.05, 0) is 37.5 Å². The molecule has 0 saturated heterocycles. The maximum Gasteiger partial charge on any atom is 0.138 e. The van der Waals surface area contributed by atoms with Crippen molar-refractivity contribution >= 4 is 11.6 Å². The monoisotopic (exact) mass is 292 g/mol. The van der Waals surface area contributed by atoms with Gasteiger partial charge in [-0.15, -0.1) is 0 Å². The molecule has 1 aromatic heterocycles. The lowest BCUT2D eigenvalue weighted by Crippen LogP contribution is -2.00. The van der Waals surface area contributed by atoms with Gasteiger partial charge in [-0.2, -0.15) is 5.10 Å². The van der Waals surface area contributed by atoms with Crippen molar-refractivity contribution in [1.82, 2.24) is 9.78 Å². The van der Waals surface area contributed by atoms with E-state index < -0.39 is 0 Å². The van der Waals surface area contributed by atoms with E-state index in [1.807, 2.05) is 29.2 Å². The first-order valence-corrected chi connectivity index (χ1v) is 7.30. The minimum absolute atomic E-state index is 0.359. The van der Waals surface area contributed by atoms with Gasteiger partial charge in [-0.1, -0.05) is 31.5 Å². The highest BCUT2D eigenvalue weighted by Gasteiger charge is 2.07. The number of hydrogen-bond donors (Lipinski definition) is 0. The van der Waals surface area contributed by atoms with Crippen LogP contribution in [0.3, 0.4) is 0 Å². The first-order chi connectivity index (χ1) is 9.47. The molecule has 20 heavy (non-hydrogen) atoms. The lowest BCUT2D eigenvalue weighted by atomic mass is 10.0. The fourth-order valence-corrected chi connectivity index (χ4v) is 2.13. The fourth-order valence-electron chi connectivity index (χ4n) is 1.89. The molecule has 0 spiro atoms. The summed E-state index contributed by atoms with van der Waals surface area (Å²) in [5.74, 6) is 1.18. The quantitative estimate of drug-likeness (QED) is 0.790. The highest BCUT2D eigenvalue weighted by atomic mass is 35.5.